The quantitative estimate of drug-likeness (QED) is 0.658. The summed E-state index contributed by atoms with van der Waals surface area (Å²) >= 11 is 2.06. The van der Waals surface area contributed by atoms with Crippen LogP contribution in [0.15, 0.2) is 16.5 Å². The van der Waals surface area contributed by atoms with Crippen LogP contribution in [0.3, 0.4) is 0 Å². The highest BCUT2D eigenvalue weighted by molar-refractivity contribution is 14.1. The van der Waals surface area contributed by atoms with Gasteiger partial charge >= 0.3 is 0 Å². The van der Waals surface area contributed by atoms with Gasteiger partial charge in [-0.3, -0.25) is 4.79 Å². The fourth-order valence-electron chi connectivity index (χ4n) is 0.879. The Bertz CT molecular complexity index is 313. The van der Waals surface area contributed by atoms with Crippen molar-refractivity contribution in [3.63, 3.8) is 0 Å². The second kappa shape index (κ2) is 5.32. The number of hydrogen-bond acceptors (Lipinski definition) is 4. The zero-order chi connectivity index (χ0) is 10.6. The first kappa shape index (κ1) is 11.5. The molecular weight excluding hydrogens is 299 g/mol. The van der Waals surface area contributed by atoms with Gasteiger partial charge in [-0.2, -0.15) is 0 Å². The second-order valence-electron chi connectivity index (χ2n) is 2.75. The SMILES string of the molecule is NC(=O)C(O)CNCc1ccc(I)o1. The number of carbonyl (C=O) groups is 1. The van der Waals surface area contributed by atoms with Crippen LogP contribution in [0.1, 0.15) is 5.76 Å². The molecule has 0 radical (unpaired) electrons. The normalized spacial score (nSPS) is 12.7. The molecule has 0 saturated heterocycles. The predicted octanol–water partition coefficient (Wildman–Crippen LogP) is -0.180. The third kappa shape index (κ3) is 3.64. The van der Waals surface area contributed by atoms with E-state index in [2.05, 4.69) is 27.9 Å². The Morgan fingerprint density at radius 3 is 2.93 bits per heavy atom. The van der Waals surface area contributed by atoms with Gasteiger partial charge in [-0.15, -0.1) is 0 Å². The van der Waals surface area contributed by atoms with Crippen LogP contribution in [-0.2, 0) is 11.3 Å². The number of carbonyl (C=O) groups excluding carboxylic acids is 1. The highest BCUT2D eigenvalue weighted by Crippen LogP contribution is 2.09. The van der Waals surface area contributed by atoms with Crippen LogP contribution in [0.4, 0.5) is 0 Å². The van der Waals surface area contributed by atoms with Gasteiger partial charge in [-0.05, 0) is 34.7 Å². The number of rotatable bonds is 5. The average molecular weight is 310 g/mol. The molecule has 5 nitrogen and oxygen atoms in total. The lowest BCUT2D eigenvalue weighted by atomic mass is 10.3. The maximum atomic E-state index is 10.5. The maximum Gasteiger partial charge on any atom is 0.247 e. The van der Waals surface area contributed by atoms with Crippen molar-refractivity contribution >= 4 is 28.5 Å². The molecule has 0 spiro atoms. The molecule has 0 aliphatic heterocycles. The molecule has 14 heavy (non-hydrogen) atoms. The summed E-state index contributed by atoms with van der Waals surface area (Å²) in [7, 11) is 0. The molecule has 0 aliphatic rings. The summed E-state index contributed by atoms with van der Waals surface area (Å²) in [4.78, 5) is 10.5. The number of nitrogens with one attached hydrogen (secondary N) is 1. The van der Waals surface area contributed by atoms with Gasteiger partial charge in [0.1, 0.15) is 11.9 Å². The first-order chi connectivity index (χ1) is 6.59. The molecule has 1 amide bonds. The average Bonchev–Trinajstić information content (AvgIpc) is 2.51. The highest BCUT2D eigenvalue weighted by atomic mass is 127. The van der Waals surface area contributed by atoms with Crippen LogP contribution in [0.2, 0.25) is 0 Å². The van der Waals surface area contributed by atoms with E-state index in [-0.39, 0.29) is 6.54 Å². The number of furan rings is 1. The summed E-state index contributed by atoms with van der Waals surface area (Å²) in [6.07, 6.45) is -1.15. The van der Waals surface area contributed by atoms with Crippen LogP contribution < -0.4 is 11.1 Å². The van der Waals surface area contributed by atoms with E-state index in [9.17, 15) is 4.79 Å². The van der Waals surface area contributed by atoms with E-state index in [4.69, 9.17) is 15.3 Å². The summed E-state index contributed by atoms with van der Waals surface area (Å²) in [5, 5.41) is 11.9. The Balaban J connectivity index is 2.25. The first-order valence-electron chi connectivity index (χ1n) is 4.02. The summed E-state index contributed by atoms with van der Waals surface area (Å²) in [6.45, 7) is 0.597. The van der Waals surface area contributed by atoms with Gasteiger partial charge in [0.2, 0.25) is 5.91 Å². The molecular formula is C8H11IN2O3. The topological polar surface area (TPSA) is 88.5 Å². The molecule has 1 unspecified atom stereocenters. The van der Waals surface area contributed by atoms with Gasteiger partial charge in [-0.1, -0.05) is 0 Å². The minimum atomic E-state index is -1.15. The number of amides is 1. The third-order valence-electron chi connectivity index (χ3n) is 1.59. The molecule has 0 fully saturated rings. The van der Waals surface area contributed by atoms with Crippen molar-refractivity contribution in [1.82, 2.24) is 5.32 Å². The van der Waals surface area contributed by atoms with Crippen molar-refractivity contribution in [1.29, 1.82) is 0 Å². The number of nitrogens with two attached hydrogens (primary N) is 1. The molecule has 1 rings (SSSR count). The van der Waals surface area contributed by atoms with Gasteiger partial charge in [0.25, 0.3) is 0 Å². The van der Waals surface area contributed by atoms with E-state index in [1.807, 2.05) is 12.1 Å². The number of aliphatic hydroxyl groups is 1. The Morgan fingerprint density at radius 1 is 1.71 bits per heavy atom. The van der Waals surface area contributed by atoms with Crippen LogP contribution in [0, 0.1) is 3.77 Å². The van der Waals surface area contributed by atoms with E-state index in [1.165, 1.54) is 0 Å². The molecule has 4 N–H and O–H groups in total. The van der Waals surface area contributed by atoms with Gasteiger partial charge in [0, 0.05) is 6.54 Å². The van der Waals surface area contributed by atoms with E-state index >= 15 is 0 Å². The van der Waals surface area contributed by atoms with E-state index in [0.717, 1.165) is 9.53 Å². The maximum absolute atomic E-state index is 10.5. The monoisotopic (exact) mass is 310 g/mol. The predicted molar refractivity (Wildman–Crippen MR) is 58.3 cm³/mol. The molecule has 1 heterocycles. The largest absolute Gasteiger partial charge is 0.454 e. The fourth-order valence-corrected chi connectivity index (χ4v) is 1.34. The number of hydrogen-bond donors (Lipinski definition) is 3. The van der Waals surface area contributed by atoms with Crippen molar-refractivity contribution in [3.05, 3.63) is 21.7 Å². The van der Waals surface area contributed by atoms with Crippen molar-refractivity contribution in [2.75, 3.05) is 6.54 Å². The van der Waals surface area contributed by atoms with E-state index in [1.54, 1.807) is 0 Å². The van der Waals surface area contributed by atoms with Gasteiger partial charge < -0.3 is 20.6 Å². The molecule has 0 aromatic carbocycles. The highest BCUT2D eigenvalue weighted by Gasteiger charge is 2.09. The molecule has 0 bridgehead atoms. The Labute approximate surface area is 94.8 Å². The van der Waals surface area contributed by atoms with E-state index < -0.39 is 12.0 Å². The number of halogens is 1. The van der Waals surface area contributed by atoms with Gasteiger partial charge in [0.05, 0.1) is 6.54 Å². The molecule has 78 valence electrons. The lowest BCUT2D eigenvalue weighted by Crippen LogP contribution is -2.37. The zero-order valence-corrected chi connectivity index (χ0v) is 9.52. The van der Waals surface area contributed by atoms with E-state index in [0.29, 0.717) is 6.54 Å². The molecule has 1 atom stereocenters. The minimum absolute atomic E-state index is 0.132. The summed E-state index contributed by atoms with van der Waals surface area (Å²) in [5.74, 6) is 0.0256. The summed E-state index contributed by atoms with van der Waals surface area (Å²) in [6, 6.07) is 3.66. The smallest absolute Gasteiger partial charge is 0.247 e. The Morgan fingerprint density at radius 2 is 2.43 bits per heavy atom. The van der Waals surface area contributed by atoms with Crippen molar-refractivity contribution < 1.29 is 14.3 Å². The van der Waals surface area contributed by atoms with Crippen molar-refractivity contribution in [2.45, 2.75) is 12.6 Å². The fraction of sp³-hybridized carbons (Fsp3) is 0.375. The summed E-state index contributed by atoms with van der Waals surface area (Å²) in [5.41, 5.74) is 4.87. The molecule has 0 saturated carbocycles. The third-order valence-corrected chi connectivity index (χ3v) is 2.17. The standard InChI is InChI=1S/C8H11IN2O3/c9-7-2-1-5(14-7)3-11-4-6(12)8(10)13/h1-2,6,11-12H,3-4H2,(H2,10,13). The Hall–Kier alpha value is -0.600. The first-order valence-corrected chi connectivity index (χ1v) is 5.10. The van der Waals surface area contributed by atoms with Crippen molar-refractivity contribution in [3.8, 4) is 0 Å². The van der Waals surface area contributed by atoms with Crippen LogP contribution >= 0.6 is 22.6 Å². The lowest BCUT2D eigenvalue weighted by Gasteiger charge is -2.06. The van der Waals surface area contributed by atoms with Crippen LogP contribution in [-0.4, -0.2) is 23.7 Å². The molecule has 1 aromatic rings. The van der Waals surface area contributed by atoms with Gasteiger partial charge in [0.15, 0.2) is 3.77 Å². The summed E-state index contributed by atoms with van der Waals surface area (Å²) < 4.78 is 6.05. The molecule has 0 aliphatic carbocycles. The van der Waals surface area contributed by atoms with Crippen LogP contribution in [0.5, 0.6) is 0 Å². The Kier molecular flexibility index (Phi) is 4.36. The second-order valence-corrected chi connectivity index (χ2v) is 3.82. The molecule has 1 aromatic heterocycles. The zero-order valence-electron chi connectivity index (χ0n) is 7.37. The number of aliphatic hydroxyl groups excluding tert-OH is 1. The van der Waals surface area contributed by atoms with Gasteiger partial charge in [-0.25, -0.2) is 0 Å². The number of primary amides is 1. The lowest BCUT2D eigenvalue weighted by molar-refractivity contribution is -0.125. The van der Waals surface area contributed by atoms with Crippen molar-refractivity contribution in [2.24, 2.45) is 5.73 Å². The van der Waals surface area contributed by atoms with Crippen LogP contribution in [0.25, 0.3) is 0 Å². The minimum Gasteiger partial charge on any atom is -0.454 e. The molecule has 6 heteroatoms.